The van der Waals surface area contributed by atoms with E-state index in [9.17, 15) is 0 Å². The summed E-state index contributed by atoms with van der Waals surface area (Å²) >= 11 is 2.07. The first kappa shape index (κ1) is 42.7. The first-order chi connectivity index (χ1) is 35.1. The van der Waals surface area contributed by atoms with Gasteiger partial charge >= 0.3 is 0 Å². The Morgan fingerprint density at radius 1 is 0.493 bits per heavy atom. The van der Waals surface area contributed by atoms with Gasteiger partial charge in [-0.05, 0) is 135 Å². The highest BCUT2D eigenvalue weighted by Crippen LogP contribution is 2.65. The normalized spacial score (nSPS) is 21.2. The Labute approximate surface area is 435 Å². The molecule has 5 heteroatoms. The van der Waals surface area contributed by atoms with E-state index >= 15 is 0 Å². The van der Waals surface area contributed by atoms with E-state index in [1.165, 1.54) is 157 Å². The average molecular weight is 962 g/mol. The van der Waals surface area contributed by atoms with Crippen molar-refractivity contribution in [2.24, 2.45) is 0 Å². The van der Waals surface area contributed by atoms with Gasteiger partial charge in [-0.25, -0.2) is 0 Å². The van der Waals surface area contributed by atoms with E-state index in [0.29, 0.717) is 0 Å². The maximum absolute atomic E-state index is 2.81. The number of fused-ring (bicyclic) bond motifs is 17. The zero-order valence-electron chi connectivity index (χ0n) is 43.6. The Bertz CT molecular complexity index is 3980. The number of rotatable bonds is 2. The van der Waals surface area contributed by atoms with Gasteiger partial charge in [-0.3, -0.25) is 0 Å². The Morgan fingerprint density at radius 3 is 1.84 bits per heavy atom. The highest BCUT2D eigenvalue weighted by atomic mass is 32.1. The van der Waals surface area contributed by atoms with Crippen LogP contribution in [0.3, 0.4) is 0 Å². The van der Waals surface area contributed by atoms with Gasteiger partial charge in [-0.2, -0.15) is 0 Å². The molecular formula is C68H60BN3S. The first-order valence-corrected chi connectivity index (χ1v) is 27.8. The summed E-state index contributed by atoms with van der Waals surface area (Å²) in [4.78, 5) is 8.22. The van der Waals surface area contributed by atoms with Crippen molar-refractivity contribution in [1.82, 2.24) is 0 Å². The number of nitrogens with zero attached hydrogens (tertiary/aromatic N) is 3. The average Bonchev–Trinajstić information content (AvgIpc) is 4.02. The lowest BCUT2D eigenvalue weighted by atomic mass is 9.35. The third-order valence-corrected chi connectivity index (χ3v) is 21.1. The second-order valence-electron chi connectivity index (χ2n) is 25.1. The summed E-state index contributed by atoms with van der Waals surface area (Å²) in [6.07, 6.45) is 4.81. The Kier molecular flexibility index (Phi) is 7.99. The molecule has 0 radical (unpaired) electrons. The van der Waals surface area contributed by atoms with Gasteiger partial charge in [0, 0.05) is 76.2 Å². The molecule has 5 heterocycles. The maximum atomic E-state index is 2.81. The Hall–Kier alpha value is -6.82. The highest BCUT2D eigenvalue weighted by Gasteiger charge is 2.59. The monoisotopic (exact) mass is 961 g/mol. The third kappa shape index (κ3) is 5.00. The fraction of sp³-hybridized carbons (Fsp3) is 0.265. The molecule has 7 aliphatic rings. The van der Waals surface area contributed by atoms with Gasteiger partial charge in [-0.1, -0.05) is 171 Å². The van der Waals surface area contributed by atoms with Gasteiger partial charge in [-0.15, -0.1) is 11.3 Å². The summed E-state index contributed by atoms with van der Waals surface area (Å²) in [5.74, 6) is 0. The molecule has 1 aromatic heterocycles. The van der Waals surface area contributed by atoms with Crippen LogP contribution in [-0.2, 0) is 21.7 Å². The predicted octanol–water partition coefficient (Wildman–Crippen LogP) is 16.6. The highest BCUT2D eigenvalue weighted by molar-refractivity contribution is 7.34. The minimum absolute atomic E-state index is 0.0405. The molecule has 8 aromatic carbocycles. The van der Waals surface area contributed by atoms with Crippen molar-refractivity contribution in [1.29, 1.82) is 0 Å². The fourth-order valence-electron chi connectivity index (χ4n) is 16.1. The second kappa shape index (κ2) is 13.7. The molecular weight excluding hydrogens is 902 g/mol. The van der Waals surface area contributed by atoms with Crippen LogP contribution in [0.1, 0.15) is 121 Å². The SMILES string of the molecule is CC(C)(C)c1ccc(N2c3cc4c(cc3C3(C)CCCCC23C)B2c3sc5cc6c(c7c5c3N(c3ccccc3-7)c3cccc(c32)N4c2cccc3c2-c2ccccc2C3(C)C)-c2ccccc2C6(C)C)cc1. The second-order valence-corrected chi connectivity index (χ2v) is 26.2. The molecule has 0 spiro atoms. The van der Waals surface area contributed by atoms with Crippen LogP contribution in [0.5, 0.6) is 0 Å². The molecule has 9 aromatic rings. The molecule has 2 atom stereocenters. The lowest BCUT2D eigenvalue weighted by Gasteiger charge is -2.50. The summed E-state index contributed by atoms with van der Waals surface area (Å²) < 4.78 is 2.87. The lowest BCUT2D eigenvalue weighted by Crippen LogP contribution is -2.60. The van der Waals surface area contributed by atoms with Crippen molar-refractivity contribution < 1.29 is 0 Å². The molecule has 1 fully saturated rings. The minimum atomic E-state index is -0.136. The molecule has 0 saturated heterocycles. The molecule has 4 aliphatic heterocycles. The van der Waals surface area contributed by atoms with Crippen LogP contribution < -0.4 is 30.4 Å². The molecule has 3 nitrogen and oxygen atoms in total. The van der Waals surface area contributed by atoms with Crippen LogP contribution in [0.4, 0.5) is 45.5 Å². The number of thiophene rings is 1. The maximum Gasteiger partial charge on any atom is 0.264 e. The summed E-state index contributed by atoms with van der Waals surface area (Å²) in [5, 5.41) is 1.42. The summed E-state index contributed by atoms with van der Waals surface area (Å²) in [5.41, 5.74) is 29.8. The van der Waals surface area contributed by atoms with Crippen LogP contribution in [0.15, 0.2) is 152 Å². The molecule has 0 N–H and O–H groups in total. The largest absolute Gasteiger partial charge is 0.334 e. The van der Waals surface area contributed by atoms with Crippen molar-refractivity contribution in [3.63, 3.8) is 0 Å². The van der Waals surface area contributed by atoms with E-state index in [-0.39, 0.29) is 33.9 Å². The van der Waals surface area contributed by atoms with Gasteiger partial charge < -0.3 is 14.7 Å². The number of hydrogen-bond donors (Lipinski definition) is 0. The lowest BCUT2D eigenvalue weighted by molar-refractivity contribution is 0.195. The number of hydrogen-bond acceptors (Lipinski definition) is 4. The van der Waals surface area contributed by atoms with Crippen LogP contribution in [0.25, 0.3) is 43.5 Å². The molecule has 73 heavy (non-hydrogen) atoms. The molecule has 1 saturated carbocycles. The summed E-state index contributed by atoms with van der Waals surface area (Å²) in [6.45, 7) is 22.0. The molecule has 356 valence electrons. The van der Waals surface area contributed by atoms with E-state index in [4.69, 9.17) is 0 Å². The van der Waals surface area contributed by atoms with Crippen LogP contribution in [0, 0.1) is 0 Å². The minimum Gasteiger partial charge on any atom is -0.334 e. The van der Waals surface area contributed by atoms with Crippen molar-refractivity contribution in [2.45, 2.75) is 115 Å². The van der Waals surface area contributed by atoms with Crippen LogP contribution >= 0.6 is 11.3 Å². The standard InChI is InChI=1S/C68H60BN3S/c1-64(2,3)39-30-32-40(33-31-39)72-54-38-55-49(36-47(54)67(8)34-16-17-35-68(67,72)9)69-61-52(70(55)51-27-18-25-46-57(51)41-20-10-13-23-44(41)65(46,4)5)28-19-29-53(61)71-50-26-15-12-22-43(50)59-58-42-21-11-14-24-45(42)66(6,7)48(58)37-56-60(59)62(71)63(69)73-56/h10-15,18-33,36-38H,16-17,34-35H2,1-9H3. The topological polar surface area (TPSA) is 9.72 Å². The van der Waals surface area contributed by atoms with Crippen molar-refractivity contribution in [3.8, 4) is 33.4 Å². The van der Waals surface area contributed by atoms with Gasteiger partial charge in [0.15, 0.2) is 0 Å². The van der Waals surface area contributed by atoms with Crippen molar-refractivity contribution >= 4 is 89.3 Å². The van der Waals surface area contributed by atoms with Gasteiger partial charge in [0.2, 0.25) is 0 Å². The number of anilines is 8. The molecule has 2 unspecified atom stereocenters. The molecule has 3 aliphatic carbocycles. The quantitative estimate of drug-likeness (QED) is 0.160. The van der Waals surface area contributed by atoms with E-state index < -0.39 is 0 Å². The Morgan fingerprint density at radius 2 is 1.10 bits per heavy atom. The molecule has 0 bridgehead atoms. The van der Waals surface area contributed by atoms with E-state index in [1.54, 1.807) is 0 Å². The first-order valence-electron chi connectivity index (χ1n) is 27.0. The van der Waals surface area contributed by atoms with E-state index in [0.717, 1.165) is 6.42 Å². The Balaban J connectivity index is 1.03. The van der Waals surface area contributed by atoms with Crippen molar-refractivity contribution in [3.05, 3.63) is 185 Å². The smallest absolute Gasteiger partial charge is 0.264 e. The fourth-order valence-corrected chi connectivity index (χ4v) is 17.4. The van der Waals surface area contributed by atoms with Gasteiger partial charge in [0.1, 0.15) is 0 Å². The zero-order valence-corrected chi connectivity index (χ0v) is 44.4. The molecule has 16 rings (SSSR count). The van der Waals surface area contributed by atoms with Gasteiger partial charge in [0.05, 0.1) is 22.6 Å². The summed E-state index contributed by atoms with van der Waals surface area (Å²) in [7, 11) is 0. The van der Waals surface area contributed by atoms with Crippen molar-refractivity contribution in [2.75, 3.05) is 14.7 Å². The zero-order chi connectivity index (χ0) is 49.5. The van der Waals surface area contributed by atoms with Gasteiger partial charge in [0.25, 0.3) is 6.71 Å². The van der Waals surface area contributed by atoms with Crippen LogP contribution in [-0.4, -0.2) is 12.3 Å². The van der Waals surface area contributed by atoms with Crippen LogP contribution in [0.2, 0.25) is 0 Å². The number of para-hydroxylation sites is 1. The number of benzene rings is 8. The van der Waals surface area contributed by atoms with E-state index in [1.807, 2.05) is 0 Å². The summed E-state index contributed by atoms with van der Waals surface area (Å²) in [6, 6.07) is 59.9. The van der Waals surface area contributed by atoms with E-state index in [2.05, 4.69) is 240 Å². The third-order valence-electron chi connectivity index (χ3n) is 19.9. The molecule has 0 amide bonds. The predicted molar refractivity (Wildman–Crippen MR) is 311 cm³/mol.